The number of pyridine rings is 1. The predicted octanol–water partition coefficient (Wildman–Crippen LogP) is 0.386. The molecular weight excluding hydrogens is 282 g/mol. The molecule has 2 aromatic rings. The second kappa shape index (κ2) is 8.23. The highest BCUT2D eigenvalue weighted by atomic mass is 15.2. The molecule has 1 aliphatic heterocycles. The van der Waals surface area contributed by atoms with E-state index in [0.29, 0.717) is 0 Å². The summed E-state index contributed by atoms with van der Waals surface area (Å²) in [5.41, 5.74) is 2.69. The second-order valence-electron chi connectivity index (χ2n) is 6.85. The lowest BCUT2D eigenvalue weighted by Gasteiger charge is -2.32. The summed E-state index contributed by atoms with van der Waals surface area (Å²) in [5.74, 6) is 0. The molecule has 2 N–H and O–H groups in total. The first-order valence-corrected chi connectivity index (χ1v) is 8.91. The molecule has 1 atom stereocenters. The van der Waals surface area contributed by atoms with E-state index in [1.807, 2.05) is 12.3 Å². The quantitative estimate of drug-likeness (QED) is 0.791. The molecule has 1 unspecified atom stereocenters. The molecule has 23 heavy (non-hydrogen) atoms. The van der Waals surface area contributed by atoms with Crippen molar-refractivity contribution in [3.05, 3.63) is 66.0 Å². The van der Waals surface area contributed by atoms with E-state index < -0.39 is 0 Å². The molecule has 0 spiro atoms. The van der Waals surface area contributed by atoms with Crippen LogP contribution in [0.3, 0.4) is 0 Å². The van der Waals surface area contributed by atoms with Crippen LogP contribution in [-0.4, -0.2) is 37.7 Å². The predicted molar refractivity (Wildman–Crippen MR) is 93.6 cm³/mol. The number of nitrogens with zero attached hydrogens (tertiary/aromatic N) is 1. The molecule has 1 aliphatic rings. The summed E-state index contributed by atoms with van der Waals surface area (Å²) in [6.07, 6.45) is 5.67. The number of rotatable bonds is 6. The Morgan fingerprint density at radius 1 is 1.04 bits per heavy atom. The lowest BCUT2D eigenvalue weighted by atomic mass is 10.0. The van der Waals surface area contributed by atoms with Crippen LogP contribution >= 0.6 is 0 Å². The van der Waals surface area contributed by atoms with Gasteiger partial charge in [0.05, 0.1) is 32.7 Å². The van der Waals surface area contributed by atoms with Gasteiger partial charge in [0.1, 0.15) is 6.54 Å². The molecule has 1 fully saturated rings. The van der Waals surface area contributed by atoms with Crippen molar-refractivity contribution < 1.29 is 9.80 Å². The molecule has 3 rings (SSSR count). The van der Waals surface area contributed by atoms with Crippen LogP contribution in [0, 0.1) is 0 Å². The van der Waals surface area contributed by atoms with E-state index in [0.717, 1.165) is 12.5 Å². The zero-order chi connectivity index (χ0) is 15.9. The maximum atomic E-state index is 4.44. The van der Waals surface area contributed by atoms with Gasteiger partial charge in [0.25, 0.3) is 0 Å². The van der Waals surface area contributed by atoms with E-state index in [1.165, 1.54) is 50.3 Å². The Morgan fingerprint density at radius 2 is 1.78 bits per heavy atom. The zero-order valence-corrected chi connectivity index (χ0v) is 14.2. The molecule has 2 heterocycles. The average molecular weight is 311 g/mol. The monoisotopic (exact) mass is 311 g/mol. The van der Waals surface area contributed by atoms with Crippen LogP contribution in [0.4, 0.5) is 0 Å². The number of hydrogen-bond donors (Lipinski definition) is 2. The molecule has 0 amide bonds. The average Bonchev–Trinajstić information content (AvgIpc) is 2.62. The van der Waals surface area contributed by atoms with E-state index >= 15 is 0 Å². The van der Waals surface area contributed by atoms with Crippen LogP contribution < -0.4 is 9.80 Å². The van der Waals surface area contributed by atoms with Crippen LogP contribution in [0.1, 0.15) is 24.1 Å². The van der Waals surface area contributed by atoms with Crippen LogP contribution in [0.25, 0.3) is 0 Å². The van der Waals surface area contributed by atoms with E-state index in [4.69, 9.17) is 0 Å². The topological polar surface area (TPSA) is 21.8 Å². The van der Waals surface area contributed by atoms with Crippen molar-refractivity contribution in [2.24, 2.45) is 0 Å². The minimum absolute atomic E-state index is 0.818. The summed E-state index contributed by atoms with van der Waals surface area (Å²) >= 11 is 0. The van der Waals surface area contributed by atoms with Gasteiger partial charge in [0.2, 0.25) is 0 Å². The SMILES string of the molecule is C[NH+](CCc1ccccn1)C1CC[NH+](Cc2ccccc2)CC1. The Hall–Kier alpha value is -1.71. The Morgan fingerprint density at radius 3 is 2.48 bits per heavy atom. The van der Waals surface area contributed by atoms with Gasteiger partial charge in [-0.25, -0.2) is 0 Å². The Balaban J connectivity index is 1.41. The van der Waals surface area contributed by atoms with E-state index in [9.17, 15) is 0 Å². The van der Waals surface area contributed by atoms with Gasteiger partial charge in [-0.15, -0.1) is 0 Å². The van der Waals surface area contributed by atoms with Crippen LogP contribution in [0.2, 0.25) is 0 Å². The van der Waals surface area contributed by atoms with Gasteiger partial charge in [-0.05, 0) is 12.1 Å². The standard InChI is InChI=1S/C20H27N3/c1-22(14-10-19-9-5-6-13-21-19)20-11-15-23(16-12-20)17-18-7-3-2-4-8-18/h2-9,13,20H,10-12,14-17H2,1H3/p+2. The van der Waals surface area contributed by atoms with Crippen molar-refractivity contribution in [2.75, 3.05) is 26.7 Å². The van der Waals surface area contributed by atoms with Gasteiger partial charge < -0.3 is 9.80 Å². The molecule has 1 aromatic carbocycles. The van der Waals surface area contributed by atoms with Crippen molar-refractivity contribution >= 4 is 0 Å². The molecule has 3 nitrogen and oxygen atoms in total. The van der Waals surface area contributed by atoms with Crippen molar-refractivity contribution in [1.82, 2.24) is 4.98 Å². The van der Waals surface area contributed by atoms with Crippen LogP contribution in [0.15, 0.2) is 54.7 Å². The summed E-state index contributed by atoms with van der Waals surface area (Å²) in [4.78, 5) is 7.85. The van der Waals surface area contributed by atoms with Crippen molar-refractivity contribution in [1.29, 1.82) is 0 Å². The van der Waals surface area contributed by atoms with Crippen LogP contribution in [-0.2, 0) is 13.0 Å². The highest BCUT2D eigenvalue weighted by molar-refractivity contribution is 5.13. The number of likely N-dealkylation sites (N-methyl/N-ethyl adjacent to an activating group) is 1. The van der Waals surface area contributed by atoms with Gasteiger partial charge in [0, 0.05) is 36.7 Å². The maximum absolute atomic E-state index is 4.44. The first kappa shape index (κ1) is 16.2. The van der Waals surface area contributed by atoms with E-state index in [-0.39, 0.29) is 0 Å². The number of nitrogens with one attached hydrogen (secondary N) is 2. The number of hydrogen-bond acceptors (Lipinski definition) is 1. The molecule has 0 bridgehead atoms. The van der Waals surface area contributed by atoms with Crippen molar-refractivity contribution in [2.45, 2.75) is 31.8 Å². The molecule has 0 radical (unpaired) electrons. The molecule has 1 aromatic heterocycles. The van der Waals surface area contributed by atoms with Gasteiger partial charge in [-0.1, -0.05) is 36.4 Å². The Labute approximate surface area is 140 Å². The van der Waals surface area contributed by atoms with Gasteiger partial charge in [-0.2, -0.15) is 0 Å². The van der Waals surface area contributed by atoms with Gasteiger partial charge in [-0.3, -0.25) is 4.98 Å². The van der Waals surface area contributed by atoms with Crippen molar-refractivity contribution in [3.63, 3.8) is 0 Å². The fraction of sp³-hybridized carbons (Fsp3) is 0.450. The molecular formula is C20H29N3+2. The first-order chi connectivity index (χ1) is 11.3. The highest BCUT2D eigenvalue weighted by Gasteiger charge is 2.27. The Kier molecular flexibility index (Phi) is 5.78. The molecule has 122 valence electrons. The minimum atomic E-state index is 0.818. The number of piperidine rings is 1. The van der Waals surface area contributed by atoms with Crippen molar-refractivity contribution in [3.8, 4) is 0 Å². The first-order valence-electron chi connectivity index (χ1n) is 8.91. The summed E-state index contributed by atoms with van der Waals surface area (Å²) in [7, 11) is 2.36. The molecule has 0 aliphatic carbocycles. The maximum Gasteiger partial charge on any atom is 0.103 e. The minimum Gasteiger partial charge on any atom is -0.334 e. The fourth-order valence-electron chi connectivity index (χ4n) is 3.66. The van der Waals surface area contributed by atoms with E-state index in [2.05, 4.69) is 54.5 Å². The third kappa shape index (κ3) is 4.88. The summed E-state index contributed by atoms with van der Waals surface area (Å²) in [5, 5.41) is 0. The van der Waals surface area contributed by atoms with Gasteiger partial charge >= 0.3 is 0 Å². The van der Waals surface area contributed by atoms with Crippen LogP contribution in [0.5, 0.6) is 0 Å². The zero-order valence-electron chi connectivity index (χ0n) is 14.2. The van der Waals surface area contributed by atoms with Gasteiger partial charge in [0.15, 0.2) is 0 Å². The largest absolute Gasteiger partial charge is 0.334 e. The second-order valence-corrected chi connectivity index (χ2v) is 6.85. The molecule has 0 saturated carbocycles. The van der Waals surface area contributed by atoms with E-state index in [1.54, 1.807) is 9.80 Å². The summed E-state index contributed by atoms with van der Waals surface area (Å²) < 4.78 is 0. The fourth-order valence-corrected chi connectivity index (χ4v) is 3.66. The number of aromatic nitrogens is 1. The molecule has 1 saturated heterocycles. The lowest BCUT2D eigenvalue weighted by Crippen LogP contribution is -3.18. The lowest BCUT2D eigenvalue weighted by molar-refractivity contribution is -0.954. The number of quaternary nitrogens is 2. The Bertz CT molecular complexity index is 562. The smallest absolute Gasteiger partial charge is 0.103 e. The summed E-state index contributed by atoms with van der Waals surface area (Å²) in [6, 6.07) is 17.9. The third-order valence-corrected chi connectivity index (χ3v) is 5.19. The number of benzene rings is 1. The third-order valence-electron chi connectivity index (χ3n) is 5.19. The normalized spacial score (nSPS) is 22.7. The summed E-state index contributed by atoms with van der Waals surface area (Å²) in [6.45, 7) is 4.98. The highest BCUT2D eigenvalue weighted by Crippen LogP contribution is 2.00. The number of likely N-dealkylation sites (tertiary alicyclic amines) is 1. The molecule has 3 heteroatoms.